The van der Waals surface area contributed by atoms with Crippen LogP contribution in [-0.2, 0) is 9.59 Å². The minimum absolute atomic E-state index is 0.00390. The van der Waals surface area contributed by atoms with Crippen molar-refractivity contribution in [3.63, 3.8) is 0 Å². The largest absolute Gasteiger partial charge is 0.350 e. The Balaban J connectivity index is 1.95. The zero-order valence-electron chi connectivity index (χ0n) is 15.6. The van der Waals surface area contributed by atoms with E-state index in [1.807, 2.05) is 0 Å². The van der Waals surface area contributed by atoms with Gasteiger partial charge < -0.3 is 16.0 Å². The molecular formula is C19H35N3O2. The van der Waals surface area contributed by atoms with E-state index in [0.717, 1.165) is 25.7 Å². The van der Waals surface area contributed by atoms with Gasteiger partial charge in [0.2, 0.25) is 11.8 Å². The van der Waals surface area contributed by atoms with Crippen LogP contribution in [0.25, 0.3) is 0 Å². The molecule has 3 N–H and O–H groups in total. The van der Waals surface area contributed by atoms with Gasteiger partial charge >= 0.3 is 0 Å². The molecule has 2 fully saturated rings. The monoisotopic (exact) mass is 337 g/mol. The highest BCUT2D eigenvalue weighted by Gasteiger charge is 2.36. The van der Waals surface area contributed by atoms with Crippen LogP contribution in [0.1, 0.15) is 72.1 Å². The third kappa shape index (κ3) is 5.20. The number of likely N-dealkylation sites (tertiary alicyclic amines) is 1. The van der Waals surface area contributed by atoms with Gasteiger partial charge in [0.1, 0.15) is 6.04 Å². The molecule has 2 atom stereocenters. The molecule has 0 aromatic heterocycles. The first-order valence-electron chi connectivity index (χ1n) is 9.62. The van der Waals surface area contributed by atoms with Crippen molar-refractivity contribution in [3.8, 4) is 0 Å². The number of rotatable bonds is 5. The number of hydrogen-bond acceptors (Lipinski definition) is 3. The Hall–Kier alpha value is -1.10. The molecule has 5 nitrogen and oxygen atoms in total. The van der Waals surface area contributed by atoms with Crippen LogP contribution < -0.4 is 11.1 Å². The van der Waals surface area contributed by atoms with E-state index in [2.05, 4.69) is 26.1 Å². The molecule has 1 saturated carbocycles. The summed E-state index contributed by atoms with van der Waals surface area (Å²) in [5, 5.41) is 3.17. The molecular weight excluding hydrogens is 302 g/mol. The second kappa shape index (κ2) is 8.32. The molecule has 0 radical (unpaired) electrons. The third-order valence-corrected chi connectivity index (χ3v) is 5.36. The molecule has 2 amide bonds. The maximum Gasteiger partial charge on any atom is 0.243 e. The molecule has 1 aliphatic carbocycles. The molecule has 1 heterocycles. The quantitative estimate of drug-likeness (QED) is 0.809. The Morgan fingerprint density at radius 3 is 2.38 bits per heavy atom. The fraction of sp³-hybridized carbons (Fsp3) is 0.895. The van der Waals surface area contributed by atoms with Crippen LogP contribution >= 0.6 is 0 Å². The van der Waals surface area contributed by atoms with Crippen molar-refractivity contribution in [1.82, 2.24) is 10.2 Å². The topological polar surface area (TPSA) is 75.4 Å². The molecule has 1 saturated heterocycles. The van der Waals surface area contributed by atoms with Gasteiger partial charge in [-0.25, -0.2) is 0 Å². The average Bonchev–Trinajstić information content (AvgIpc) is 3.01. The van der Waals surface area contributed by atoms with E-state index >= 15 is 0 Å². The minimum atomic E-state index is -0.308. The first-order valence-corrected chi connectivity index (χ1v) is 9.62. The van der Waals surface area contributed by atoms with E-state index in [0.29, 0.717) is 25.4 Å². The minimum Gasteiger partial charge on any atom is -0.350 e. The van der Waals surface area contributed by atoms with Crippen LogP contribution in [-0.4, -0.2) is 41.9 Å². The highest BCUT2D eigenvalue weighted by Crippen LogP contribution is 2.28. The summed E-state index contributed by atoms with van der Waals surface area (Å²) >= 11 is 0. The Labute approximate surface area is 146 Å². The van der Waals surface area contributed by atoms with E-state index in [1.165, 1.54) is 19.3 Å². The number of carbonyl (C=O) groups is 2. The van der Waals surface area contributed by atoms with Crippen molar-refractivity contribution >= 4 is 11.8 Å². The SMILES string of the molecule is CC(C)(C)CC(=O)N1CCCC1C(=O)NC(CN)C1CCCCC1. The second-order valence-electron chi connectivity index (χ2n) is 8.73. The summed E-state index contributed by atoms with van der Waals surface area (Å²) in [6.45, 7) is 7.36. The summed E-state index contributed by atoms with van der Waals surface area (Å²) in [7, 11) is 0. The molecule has 5 heteroatoms. The smallest absolute Gasteiger partial charge is 0.243 e. The van der Waals surface area contributed by atoms with Crippen LogP contribution in [0.3, 0.4) is 0 Å². The van der Waals surface area contributed by atoms with Crippen LogP contribution in [0, 0.1) is 11.3 Å². The number of nitrogens with one attached hydrogen (secondary N) is 1. The van der Waals surface area contributed by atoms with Crippen molar-refractivity contribution in [2.24, 2.45) is 17.1 Å². The summed E-state index contributed by atoms with van der Waals surface area (Å²) in [6.07, 6.45) is 8.22. The van der Waals surface area contributed by atoms with Crippen molar-refractivity contribution < 1.29 is 9.59 Å². The van der Waals surface area contributed by atoms with Gasteiger partial charge in [0.25, 0.3) is 0 Å². The first kappa shape index (κ1) is 19.2. The van der Waals surface area contributed by atoms with Gasteiger partial charge in [-0.15, -0.1) is 0 Å². The van der Waals surface area contributed by atoms with Crippen molar-refractivity contribution in [2.75, 3.05) is 13.1 Å². The Kier molecular flexibility index (Phi) is 6.67. The molecule has 0 aromatic carbocycles. The molecule has 2 unspecified atom stereocenters. The summed E-state index contributed by atoms with van der Waals surface area (Å²) in [5.74, 6) is 0.589. The standard InChI is InChI=1S/C19H35N3O2/c1-19(2,3)12-17(23)22-11-7-10-16(22)18(24)21-15(13-20)14-8-5-4-6-9-14/h14-16H,4-13,20H2,1-3H3,(H,21,24). The molecule has 138 valence electrons. The zero-order valence-corrected chi connectivity index (χ0v) is 15.6. The van der Waals surface area contributed by atoms with E-state index in [4.69, 9.17) is 5.73 Å². The summed E-state index contributed by atoms with van der Waals surface area (Å²) in [4.78, 5) is 27.1. The Bertz CT molecular complexity index is 438. The van der Waals surface area contributed by atoms with E-state index < -0.39 is 0 Å². The van der Waals surface area contributed by atoms with Gasteiger partial charge in [0, 0.05) is 25.6 Å². The van der Waals surface area contributed by atoms with Crippen LogP contribution in [0.15, 0.2) is 0 Å². The lowest BCUT2D eigenvalue weighted by molar-refractivity contribution is -0.140. The molecule has 24 heavy (non-hydrogen) atoms. The molecule has 2 aliphatic rings. The fourth-order valence-corrected chi connectivity index (χ4v) is 4.08. The molecule has 0 aromatic rings. The predicted molar refractivity (Wildman–Crippen MR) is 96.4 cm³/mol. The number of nitrogens with two attached hydrogens (primary N) is 1. The predicted octanol–water partition coefficient (Wildman–Crippen LogP) is 2.44. The highest BCUT2D eigenvalue weighted by molar-refractivity contribution is 5.88. The summed E-state index contributed by atoms with van der Waals surface area (Å²) in [5.41, 5.74) is 5.88. The van der Waals surface area contributed by atoms with Gasteiger partial charge in [0.15, 0.2) is 0 Å². The van der Waals surface area contributed by atoms with Crippen molar-refractivity contribution in [1.29, 1.82) is 0 Å². The highest BCUT2D eigenvalue weighted by atomic mass is 16.2. The van der Waals surface area contributed by atoms with Gasteiger partial charge in [-0.05, 0) is 37.0 Å². The van der Waals surface area contributed by atoms with E-state index in [1.54, 1.807) is 4.90 Å². The lowest BCUT2D eigenvalue weighted by Crippen LogP contribution is -2.53. The normalized spacial score (nSPS) is 24.0. The molecule has 1 aliphatic heterocycles. The third-order valence-electron chi connectivity index (χ3n) is 5.36. The van der Waals surface area contributed by atoms with Gasteiger partial charge in [-0.1, -0.05) is 40.0 Å². The molecule has 0 spiro atoms. The number of nitrogens with zero attached hydrogens (tertiary/aromatic N) is 1. The van der Waals surface area contributed by atoms with Crippen molar-refractivity contribution in [2.45, 2.75) is 84.2 Å². The van der Waals surface area contributed by atoms with Crippen LogP contribution in [0.5, 0.6) is 0 Å². The van der Waals surface area contributed by atoms with E-state index in [9.17, 15) is 9.59 Å². The summed E-state index contributed by atoms with van der Waals surface area (Å²) < 4.78 is 0. The lowest BCUT2D eigenvalue weighted by Gasteiger charge is -2.33. The Morgan fingerprint density at radius 1 is 1.12 bits per heavy atom. The maximum atomic E-state index is 12.8. The lowest BCUT2D eigenvalue weighted by atomic mass is 9.83. The zero-order chi connectivity index (χ0) is 17.7. The number of amides is 2. The molecule has 0 bridgehead atoms. The average molecular weight is 338 g/mol. The number of carbonyl (C=O) groups excluding carboxylic acids is 2. The molecule has 2 rings (SSSR count). The van der Waals surface area contributed by atoms with Gasteiger partial charge in [0.05, 0.1) is 0 Å². The summed E-state index contributed by atoms with van der Waals surface area (Å²) in [6, 6.07) is -0.254. The number of hydrogen-bond donors (Lipinski definition) is 2. The maximum absolute atomic E-state index is 12.8. The second-order valence-corrected chi connectivity index (χ2v) is 8.73. The van der Waals surface area contributed by atoms with Crippen LogP contribution in [0.2, 0.25) is 0 Å². The van der Waals surface area contributed by atoms with Gasteiger partial charge in [-0.2, -0.15) is 0 Å². The van der Waals surface area contributed by atoms with Crippen LogP contribution in [0.4, 0.5) is 0 Å². The van der Waals surface area contributed by atoms with Gasteiger partial charge in [-0.3, -0.25) is 9.59 Å². The van der Waals surface area contributed by atoms with E-state index in [-0.39, 0.29) is 29.3 Å². The first-order chi connectivity index (χ1) is 11.3. The van der Waals surface area contributed by atoms with Crippen molar-refractivity contribution in [3.05, 3.63) is 0 Å². The fourth-order valence-electron chi connectivity index (χ4n) is 4.08. The Morgan fingerprint density at radius 2 is 1.79 bits per heavy atom.